The Morgan fingerprint density at radius 1 is 0.404 bits per heavy atom. The molecule has 0 aromatic heterocycles. The van der Waals surface area contributed by atoms with Gasteiger partial charge in [0, 0.05) is 19.4 Å². The third-order valence-corrected chi connectivity index (χ3v) is 12.0. The lowest BCUT2D eigenvalue weighted by Crippen LogP contribution is -2.23. The molecule has 0 atom stereocenters. The van der Waals surface area contributed by atoms with Crippen LogP contribution in [0.3, 0.4) is 0 Å². The molecule has 7 heteroatoms. The van der Waals surface area contributed by atoms with Crippen molar-refractivity contribution in [3.8, 4) is 0 Å². The molecule has 0 aromatic rings. The molecule has 57 heavy (non-hydrogen) atoms. The summed E-state index contributed by atoms with van der Waals surface area (Å²) in [7, 11) is 2.11. The summed E-state index contributed by atoms with van der Waals surface area (Å²) in [6.07, 6.45) is 36.7. The topological polar surface area (TPSA) is 82.1 Å². The number of carbonyl (C=O) groups excluding carboxylic acids is 3. The number of carbonyl (C=O) groups is 3. The highest BCUT2D eigenvalue weighted by molar-refractivity contribution is 5.72. The molecule has 0 spiro atoms. The van der Waals surface area contributed by atoms with Crippen LogP contribution in [0.1, 0.15) is 247 Å². The second-order valence-electron chi connectivity index (χ2n) is 17.5. The van der Waals surface area contributed by atoms with Crippen molar-refractivity contribution in [1.82, 2.24) is 4.90 Å². The van der Waals surface area contributed by atoms with Crippen LogP contribution in [0.25, 0.3) is 0 Å². The first kappa shape index (κ1) is 55.4. The van der Waals surface area contributed by atoms with Crippen molar-refractivity contribution in [3.63, 3.8) is 0 Å². The first-order valence-corrected chi connectivity index (χ1v) is 25.0. The molecule has 338 valence electrons. The number of esters is 3. The molecule has 0 heterocycles. The highest BCUT2D eigenvalue weighted by Crippen LogP contribution is 2.23. The summed E-state index contributed by atoms with van der Waals surface area (Å²) in [5.41, 5.74) is 0. The van der Waals surface area contributed by atoms with E-state index in [1.807, 2.05) is 0 Å². The second-order valence-corrected chi connectivity index (χ2v) is 17.5. The fourth-order valence-corrected chi connectivity index (χ4v) is 7.90. The average molecular weight is 808 g/mol. The normalized spacial score (nSPS) is 11.7. The van der Waals surface area contributed by atoms with Gasteiger partial charge in [0.05, 0.1) is 25.7 Å². The second kappa shape index (κ2) is 42.5. The zero-order valence-corrected chi connectivity index (χ0v) is 39.0. The molecular weight excluding hydrogens is 711 g/mol. The average Bonchev–Trinajstić information content (AvgIpc) is 3.21. The van der Waals surface area contributed by atoms with Crippen LogP contribution in [-0.2, 0) is 28.6 Å². The van der Waals surface area contributed by atoms with Gasteiger partial charge in [-0.2, -0.15) is 0 Å². The fourth-order valence-electron chi connectivity index (χ4n) is 7.90. The van der Waals surface area contributed by atoms with Crippen molar-refractivity contribution < 1.29 is 28.6 Å². The van der Waals surface area contributed by atoms with E-state index in [1.165, 1.54) is 116 Å². The van der Waals surface area contributed by atoms with Gasteiger partial charge < -0.3 is 19.1 Å². The molecule has 0 aliphatic carbocycles. The van der Waals surface area contributed by atoms with Crippen molar-refractivity contribution in [3.05, 3.63) is 0 Å². The standard InChI is InChI=1S/C50H97NO6/c1-7-12-33-45(34-13-8-2)43-48(52)55-40-30-26-22-18-16-20-24-28-37-47(50(54)57-42-32-39-51(6)11-5)38-29-25-21-17-19-23-27-31-41-56-49(53)44-46(35-14-9-3)36-15-10-4/h45-47H,7-44H2,1-6H3. The highest BCUT2D eigenvalue weighted by atomic mass is 16.5. The Kier molecular flexibility index (Phi) is 41.3. The van der Waals surface area contributed by atoms with Crippen LogP contribution in [0.4, 0.5) is 0 Å². The van der Waals surface area contributed by atoms with Crippen LogP contribution in [-0.4, -0.2) is 62.8 Å². The number of ether oxygens (including phenoxy) is 3. The molecule has 0 rings (SSSR count). The van der Waals surface area contributed by atoms with Gasteiger partial charge in [-0.25, -0.2) is 0 Å². The molecule has 0 aromatic carbocycles. The van der Waals surface area contributed by atoms with E-state index >= 15 is 0 Å². The van der Waals surface area contributed by atoms with Crippen molar-refractivity contribution in [2.24, 2.45) is 17.8 Å². The van der Waals surface area contributed by atoms with Crippen molar-refractivity contribution in [1.29, 1.82) is 0 Å². The largest absolute Gasteiger partial charge is 0.466 e. The number of nitrogens with zero attached hydrogens (tertiary/aromatic N) is 1. The van der Waals surface area contributed by atoms with Gasteiger partial charge in [-0.1, -0.05) is 176 Å². The molecule has 0 bridgehead atoms. The highest BCUT2D eigenvalue weighted by Gasteiger charge is 2.20. The van der Waals surface area contributed by atoms with Crippen LogP contribution in [0.2, 0.25) is 0 Å². The molecule has 0 unspecified atom stereocenters. The quantitative estimate of drug-likeness (QED) is 0.0344. The number of rotatable bonds is 44. The van der Waals surface area contributed by atoms with Crippen LogP contribution in [0.5, 0.6) is 0 Å². The maximum absolute atomic E-state index is 13.1. The molecule has 7 nitrogen and oxygen atoms in total. The molecule has 0 radical (unpaired) electrons. The monoisotopic (exact) mass is 808 g/mol. The van der Waals surface area contributed by atoms with Gasteiger partial charge in [0.15, 0.2) is 0 Å². The van der Waals surface area contributed by atoms with E-state index in [0.29, 0.717) is 44.5 Å². The SMILES string of the molecule is CCCCC(CCCC)CC(=O)OCCCCCCCCCCC(CCCCCCCCCCOC(=O)CC(CCCC)CCCC)C(=O)OCCCN(C)CC. The minimum absolute atomic E-state index is 0.00117. The van der Waals surface area contributed by atoms with Crippen LogP contribution in [0, 0.1) is 17.8 Å². The summed E-state index contributed by atoms with van der Waals surface area (Å²) in [6, 6.07) is 0. The van der Waals surface area contributed by atoms with E-state index in [0.717, 1.165) is 96.6 Å². The van der Waals surface area contributed by atoms with E-state index in [9.17, 15) is 14.4 Å². The predicted molar refractivity (Wildman–Crippen MR) is 242 cm³/mol. The van der Waals surface area contributed by atoms with Gasteiger partial charge in [0.25, 0.3) is 0 Å². The van der Waals surface area contributed by atoms with Crippen molar-refractivity contribution >= 4 is 17.9 Å². The van der Waals surface area contributed by atoms with Crippen LogP contribution < -0.4 is 0 Å². The van der Waals surface area contributed by atoms with Crippen LogP contribution >= 0.6 is 0 Å². The number of hydrogen-bond donors (Lipinski definition) is 0. The molecule has 0 saturated heterocycles. The van der Waals surface area contributed by atoms with Gasteiger partial charge in [-0.3, -0.25) is 14.4 Å². The minimum atomic E-state index is 0.00117. The van der Waals surface area contributed by atoms with E-state index in [4.69, 9.17) is 14.2 Å². The summed E-state index contributed by atoms with van der Waals surface area (Å²) in [6.45, 7) is 14.7. The van der Waals surface area contributed by atoms with E-state index < -0.39 is 0 Å². The van der Waals surface area contributed by atoms with Crippen molar-refractivity contribution in [2.45, 2.75) is 247 Å². The van der Waals surface area contributed by atoms with E-state index in [-0.39, 0.29) is 23.8 Å². The molecule has 0 aliphatic rings. The maximum Gasteiger partial charge on any atom is 0.308 e. The third-order valence-electron chi connectivity index (χ3n) is 12.0. The summed E-state index contributed by atoms with van der Waals surface area (Å²) >= 11 is 0. The lowest BCUT2D eigenvalue weighted by atomic mass is 9.93. The number of hydrogen-bond acceptors (Lipinski definition) is 7. The summed E-state index contributed by atoms with van der Waals surface area (Å²) in [4.78, 5) is 40.1. The van der Waals surface area contributed by atoms with Gasteiger partial charge >= 0.3 is 17.9 Å². The Morgan fingerprint density at radius 2 is 0.737 bits per heavy atom. The number of unbranched alkanes of at least 4 members (excludes halogenated alkanes) is 18. The lowest BCUT2D eigenvalue weighted by Gasteiger charge is -2.17. The molecule has 0 aliphatic heterocycles. The van der Waals surface area contributed by atoms with Crippen LogP contribution in [0.15, 0.2) is 0 Å². The summed E-state index contributed by atoms with van der Waals surface area (Å²) < 4.78 is 17.0. The van der Waals surface area contributed by atoms with Gasteiger partial charge in [0.1, 0.15) is 0 Å². The van der Waals surface area contributed by atoms with Gasteiger partial charge in [-0.05, 0) is 83.2 Å². The predicted octanol–water partition coefficient (Wildman–Crippen LogP) is 14.4. The minimum Gasteiger partial charge on any atom is -0.466 e. The molecule has 0 amide bonds. The zero-order valence-electron chi connectivity index (χ0n) is 39.0. The zero-order chi connectivity index (χ0) is 42.0. The Morgan fingerprint density at radius 3 is 1.09 bits per heavy atom. The van der Waals surface area contributed by atoms with E-state index in [2.05, 4.69) is 46.6 Å². The molecule has 0 N–H and O–H groups in total. The smallest absolute Gasteiger partial charge is 0.308 e. The maximum atomic E-state index is 13.1. The Bertz CT molecular complexity index is 824. The first-order valence-electron chi connectivity index (χ1n) is 25.0. The Hall–Kier alpha value is -1.63. The molecule has 0 fully saturated rings. The van der Waals surface area contributed by atoms with Gasteiger partial charge in [-0.15, -0.1) is 0 Å². The fraction of sp³-hybridized carbons (Fsp3) is 0.940. The first-order chi connectivity index (χ1) is 27.8. The Labute approximate surface area is 354 Å². The third kappa shape index (κ3) is 37.1. The lowest BCUT2D eigenvalue weighted by molar-refractivity contribution is -0.149. The van der Waals surface area contributed by atoms with Gasteiger partial charge in [0.2, 0.25) is 0 Å². The molecule has 0 saturated carbocycles. The summed E-state index contributed by atoms with van der Waals surface area (Å²) in [5.74, 6) is 1.04. The molecular formula is C50H97NO6. The van der Waals surface area contributed by atoms with Crippen molar-refractivity contribution in [2.75, 3.05) is 40.0 Å². The van der Waals surface area contributed by atoms with E-state index in [1.54, 1.807) is 0 Å². The Balaban J connectivity index is 4.21. The summed E-state index contributed by atoms with van der Waals surface area (Å²) in [5, 5.41) is 0.